The topological polar surface area (TPSA) is 62.1 Å². The van der Waals surface area contributed by atoms with Gasteiger partial charge in [-0.3, -0.25) is 4.79 Å². The third-order valence-corrected chi connectivity index (χ3v) is 2.47. The molecule has 0 saturated heterocycles. The molecule has 0 radical (unpaired) electrons. The molecule has 4 nitrogen and oxygen atoms in total. The van der Waals surface area contributed by atoms with E-state index in [2.05, 4.69) is 11.4 Å². The summed E-state index contributed by atoms with van der Waals surface area (Å²) in [6.45, 7) is 0.560. The van der Waals surface area contributed by atoms with Crippen LogP contribution in [-0.4, -0.2) is 19.1 Å². The molecular formula is C13H15ClN2O2. The smallest absolute Gasteiger partial charge is 0.257 e. The molecule has 18 heavy (non-hydrogen) atoms. The van der Waals surface area contributed by atoms with E-state index in [1.165, 1.54) is 0 Å². The molecule has 1 N–H and O–H groups in total. The lowest BCUT2D eigenvalue weighted by atomic mass is 10.2. The van der Waals surface area contributed by atoms with Crippen molar-refractivity contribution < 1.29 is 9.53 Å². The molecule has 5 heteroatoms. The van der Waals surface area contributed by atoms with Gasteiger partial charge in [-0.1, -0.05) is 11.6 Å². The second-order valence-corrected chi connectivity index (χ2v) is 4.14. The van der Waals surface area contributed by atoms with Crippen molar-refractivity contribution in [1.82, 2.24) is 5.32 Å². The van der Waals surface area contributed by atoms with E-state index in [-0.39, 0.29) is 12.5 Å². The number of unbranched alkanes of at least 4 members (excludes halogenated alkanes) is 2. The molecule has 0 bridgehead atoms. The van der Waals surface area contributed by atoms with Gasteiger partial charge >= 0.3 is 0 Å². The summed E-state index contributed by atoms with van der Waals surface area (Å²) in [5.41, 5.74) is 0. The molecule has 0 saturated carbocycles. The fourth-order valence-corrected chi connectivity index (χ4v) is 1.41. The fraction of sp³-hybridized carbons (Fsp3) is 0.385. The van der Waals surface area contributed by atoms with Gasteiger partial charge in [0.2, 0.25) is 0 Å². The van der Waals surface area contributed by atoms with E-state index in [1.54, 1.807) is 24.3 Å². The van der Waals surface area contributed by atoms with Crippen molar-refractivity contribution in [3.8, 4) is 11.8 Å². The van der Waals surface area contributed by atoms with Crippen LogP contribution in [0.15, 0.2) is 24.3 Å². The van der Waals surface area contributed by atoms with Crippen LogP contribution in [0, 0.1) is 11.3 Å². The largest absolute Gasteiger partial charge is 0.484 e. The van der Waals surface area contributed by atoms with E-state index in [0.717, 1.165) is 12.8 Å². The summed E-state index contributed by atoms with van der Waals surface area (Å²) in [7, 11) is 0. The highest BCUT2D eigenvalue weighted by atomic mass is 35.5. The molecule has 0 fully saturated rings. The van der Waals surface area contributed by atoms with Crippen molar-refractivity contribution >= 4 is 17.5 Å². The first-order chi connectivity index (χ1) is 8.72. The van der Waals surface area contributed by atoms with Gasteiger partial charge in [-0.15, -0.1) is 0 Å². The first-order valence-electron chi connectivity index (χ1n) is 5.74. The summed E-state index contributed by atoms with van der Waals surface area (Å²) in [4.78, 5) is 11.4. The Morgan fingerprint density at radius 1 is 1.33 bits per heavy atom. The van der Waals surface area contributed by atoms with E-state index in [0.29, 0.717) is 23.7 Å². The van der Waals surface area contributed by atoms with Gasteiger partial charge in [0.1, 0.15) is 5.75 Å². The Balaban J connectivity index is 2.13. The quantitative estimate of drug-likeness (QED) is 0.772. The minimum absolute atomic E-state index is 0.0140. The molecule has 0 heterocycles. The van der Waals surface area contributed by atoms with Crippen LogP contribution in [0.5, 0.6) is 5.75 Å². The summed E-state index contributed by atoms with van der Waals surface area (Å²) in [6.07, 6.45) is 2.13. The van der Waals surface area contributed by atoms with Crippen LogP contribution in [0.25, 0.3) is 0 Å². The molecular weight excluding hydrogens is 252 g/mol. The second-order valence-electron chi connectivity index (χ2n) is 3.71. The third kappa shape index (κ3) is 6.12. The highest BCUT2D eigenvalue weighted by Crippen LogP contribution is 2.15. The minimum atomic E-state index is -0.165. The Labute approximate surface area is 112 Å². The maximum absolute atomic E-state index is 11.4. The summed E-state index contributed by atoms with van der Waals surface area (Å²) in [5, 5.41) is 11.7. The molecule has 0 aromatic heterocycles. The number of amides is 1. The zero-order chi connectivity index (χ0) is 13.2. The van der Waals surface area contributed by atoms with Crippen LogP contribution in [-0.2, 0) is 4.79 Å². The van der Waals surface area contributed by atoms with E-state index in [4.69, 9.17) is 21.6 Å². The molecule has 0 spiro atoms. The number of halogens is 1. The number of nitrogens with one attached hydrogen (secondary N) is 1. The Hall–Kier alpha value is -1.73. The van der Waals surface area contributed by atoms with Crippen LogP contribution in [0.4, 0.5) is 0 Å². The predicted molar refractivity (Wildman–Crippen MR) is 69.4 cm³/mol. The van der Waals surface area contributed by atoms with Crippen molar-refractivity contribution in [3.63, 3.8) is 0 Å². The van der Waals surface area contributed by atoms with E-state index in [1.807, 2.05) is 0 Å². The second kappa shape index (κ2) is 8.37. The zero-order valence-corrected chi connectivity index (χ0v) is 10.7. The van der Waals surface area contributed by atoms with Crippen molar-refractivity contribution in [3.05, 3.63) is 29.3 Å². The molecule has 0 aliphatic rings. The average Bonchev–Trinajstić information content (AvgIpc) is 2.38. The number of hydrogen-bond acceptors (Lipinski definition) is 3. The molecule has 1 rings (SSSR count). The Morgan fingerprint density at radius 2 is 2.06 bits per heavy atom. The maximum Gasteiger partial charge on any atom is 0.257 e. The third-order valence-electron chi connectivity index (χ3n) is 2.22. The summed E-state index contributed by atoms with van der Waals surface area (Å²) < 4.78 is 5.28. The number of benzene rings is 1. The molecule has 1 aromatic rings. The van der Waals surface area contributed by atoms with Gasteiger partial charge in [0, 0.05) is 18.0 Å². The Kier molecular flexibility index (Phi) is 6.67. The van der Waals surface area contributed by atoms with Gasteiger partial charge < -0.3 is 10.1 Å². The first kappa shape index (κ1) is 14.3. The van der Waals surface area contributed by atoms with E-state index >= 15 is 0 Å². The van der Waals surface area contributed by atoms with E-state index < -0.39 is 0 Å². The van der Waals surface area contributed by atoms with Crippen LogP contribution in [0.3, 0.4) is 0 Å². The SMILES string of the molecule is N#CCCCCNC(=O)COc1ccc(Cl)cc1. The molecule has 0 atom stereocenters. The predicted octanol–water partition coefficient (Wildman–Crippen LogP) is 2.53. The molecule has 0 unspecified atom stereocenters. The highest BCUT2D eigenvalue weighted by Gasteiger charge is 2.01. The van der Waals surface area contributed by atoms with Crippen molar-refractivity contribution in [2.75, 3.05) is 13.2 Å². The summed E-state index contributed by atoms with van der Waals surface area (Å²) >= 11 is 5.73. The number of hydrogen-bond donors (Lipinski definition) is 1. The van der Waals surface area contributed by atoms with Crippen molar-refractivity contribution in [1.29, 1.82) is 5.26 Å². The standard InChI is InChI=1S/C13H15ClN2O2/c14-11-4-6-12(7-5-11)18-10-13(17)16-9-3-1-2-8-15/h4-7H,1-3,9-10H2,(H,16,17). The van der Waals surface area contributed by atoms with Crippen molar-refractivity contribution in [2.45, 2.75) is 19.3 Å². The monoisotopic (exact) mass is 266 g/mol. The molecule has 1 amide bonds. The van der Waals surface area contributed by atoms with Crippen LogP contribution >= 0.6 is 11.6 Å². The number of nitriles is 1. The summed E-state index contributed by atoms with van der Waals surface area (Å²) in [5.74, 6) is 0.445. The van der Waals surface area contributed by atoms with Gasteiger partial charge in [-0.2, -0.15) is 5.26 Å². The van der Waals surface area contributed by atoms with Crippen LogP contribution < -0.4 is 10.1 Å². The number of carbonyl (C=O) groups excluding carboxylic acids is 1. The minimum Gasteiger partial charge on any atom is -0.484 e. The van der Waals surface area contributed by atoms with Gasteiger partial charge in [0.15, 0.2) is 6.61 Å². The number of ether oxygens (including phenoxy) is 1. The van der Waals surface area contributed by atoms with Gasteiger partial charge in [-0.05, 0) is 37.1 Å². The van der Waals surface area contributed by atoms with E-state index in [9.17, 15) is 4.79 Å². The number of carbonyl (C=O) groups is 1. The Bertz CT molecular complexity index is 412. The summed E-state index contributed by atoms with van der Waals surface area (Å²) in [6, 6.07) is 8.89. The highest BCUT2D eigenvalue weighted by molar-refractivity contribution is 6.30. The maximum atomic E-state index is 11.4. The number of rotatable bonds is 7. The van der Waals surface area contributed by atoms with Gasteiger partial charge in [0.05, 0.1) is 6.07 Å². The lowest BCUT2D eigenvalue weighted by Gasteiger charge is -2.07. The molecule has 0 aliphatic carbocycles. The molecule has 0 aliphatic heterocycles. The molecule has 1 aromatic carbocycles. The van der Waals surface area contributed by atoms with Crippen LogP contribution in [0.1, 0.15) is 19.3 Å². The zero-order valence-electron chi connectivity index (χ0n) is 9.99. The Morgan fingerprint density at radius 3 is 2.72 bits per heavy atom. The fourth-order valence-electron chi connectivity index (χ4n) is 1.29. The molecule has 96 valence electrons. The first-order valence-corrected chi connectivity index (χ1v) is 6.12. The van der Waals surface area contributed by atoms with Crippen LogP contribution in [0.2, 0.25) is 5.02 Å². The van der Waals surface area contributed by atoms with Crippen molar-refractivity contribution in [2.24, 2.45) is 0 Å². The average molecular weight is 267 g/mol. The van der Waals surface area contributed by atoms with Gasteiger partial charge in [-0.25, -0.2) is 0 Å². The lowest BCUT2D eigenvalue weighted by molar-refractivity contribution is -0.123. The van der Waals surface area contributed by atoms with Gasteiger partial charge in [0.25, 0.3) is 5.91 Å². The number of nitrogens with zero attached hydrogens (tertiary/aromatic N) is 1. The lowest BCUT2D eigenvalue weighted by Crippen LogP contribution is -2.29. The normalized spacial score (nSPS) is 9.56.